The molecule has 0 fully saturated rings. The third-order valence-corrected chi connectivity index (χ3v) is 1.97. The predicted octanol–water partition coefficient (Wildman–Crippen LogP) is 1.22. The molecule has 0 amide bonds. The molecule has 82 valence electrons. The van der Waals surface area contributed by atoms with E-state index in [1.807, 2.05) is 6.92 Å². The van der Waals surface area contributed by atoms with Gasteiger partial charge in [0, 0.05) is 6.54 Å². The van der Waals surface area contributed by atoms with Crippen molar-refractivity contribution in [3.05, 3.63) is 24.1 Å². The maximum Gasteiger partial charge on any atom is 0.325 e. The van der Waals surface area contributed by atoms with Gasteiger partial charge in [-0.2, -0.15) is 0 Å². The van der Waals surface area contributed by atoms with E-state index in [1.165, 1.54) is 19.2 Å². The first-order chi connectivity index (χ1) is 7.17. The summed E-state index contributed by atoms with van der Waals surface area (Å²) in [6, 6.07) is 2.84. The lowest BCUT2D eigenvalue weighted by molar-refractivity contribution is -0.138. The fourth-order valence-corrected chi connectivity index (χ4v) is 1.13. The first-order valence-electron chi connectivity index (χ1n) is 4.60. The van der Waals surface area contributed by atoms with Crippen molar-refractivity contribution in [2.75, 3.05) is 25.1 Å². The van der Waals surface area contributed by atoms with Crippen LogP contribution in [0.3, 0.4) is 0 Å². The number of pyridine rings is 1. The highest BCUT2D eigenvalue weighted by Gasteiger charge is 2.10. The van der Waals surface area contributed by atoms with Crippen LogP contribution in [0.4, 0.5) is 10.2 Å². The molecule has 15 heavy (non-hydrogen) atoms. The Kier molecular flexibility index (Phi) is 4.03. The van der Waals surface area contributed by atoms with E-state index < -0.39 is 5.82 Å². The van der Waals surface area contributed by atoms with Crippen molar-refractivity contribution in [2.45, 2.75) is 6.92 Å². The molecule has 1 heterocycles. The third-order valence-electron chi connectivity index (χ3n) is 1.97. The number of esters is 1. The number of halogens is 1. The van der Waals surface area contributed by atoms with Crippen LogP contribution in [0.5, 0.6) is 0 Å². The number of carbonyl (C=O) groups is 1. The van der Waals surface area contributed by atoms with Crippen LogP contribution < -0.4 is 4.90 Å². The molecule has 0 unspecified atom stereocenters. The summed E-state index contributed by atoms with van der Waals surface area (Å²) in [5.41, 5.74) is 0. The highest BCUT2D eigenvalue weighted by atomic mass is 19.1. The minimum Gasteiger partial charge on any atom is -0.468 e. The Balaban J connectivity index is 2.74. The maximum absolute atomic E-state index is 12.6. The highest BCUT2D eigenvalue weighted by molar-refractivity contribution is 5.75. The second-order valence-electron chi connectivity index (χ2n) is 2.92. The van der Waals surface area contributed by atoms with Gasteiger partial charge in [-0.05, 0) is 19.1 Å². The van der Waals surface area contributed by atoms with E-state index in [0.717, 1.165) is 6.20 Å². The molecule has 0 radical (unpaired) electrons. The number of carbonyl (C=O) groups excluding carboxylic acids is 1. The molecule has 0 aliphatic carbocycles. The molecule has 1 aromatic rings. The van der Waals surface area contributed by atoms with Gasteiger partial charge in [0.25, 0.3) is 0 Å². The van der Waals surface area contributed by atoms with Crippen LogP contribution in [0.15, 0.2) is 18.3 Å². The molecule has 0 aromatic carbocycles. The summed E-state index contributed by atoms with van der Waals surface area (Å²) in [5.74, 6) is -0.180. The van der Waals surface area contributed by atoms with E-state index in [2.05, 4.69) is 9.72 Å². The van der Waals surface area contributed by atoms with Gasteiger partial charge in [0.15, 0.2) is 0 Å². The molecule has 1 aromatic heterocycles. The summed E-state index contributed by atoms with van der Waals surface area (Å²) >= 11 is 0. The van der Waals surface area contributed by atoms with Gasteiger partial charge >= 0.3 is 5.97 Å². The van der Waals surface area contributed by atoms with Gasteiger partial charge in [-0.25, -0.2) is 9.37 Å². The zero-order valence-corrected chi connectivity index (χ0v) is 8.74. The van der Waals surface area contributed by atoms with Crippen LogP contribution in [0.25, 0.3) is 0 Å². The fourth-order valence-electron chi connectivity index (χ4n) is 1.13. The van der Waals surface area contributed by atoms with Gasteiger partial charge in [-0.15, -0.1) is 0 Å². The summed E-state index contributed by atoms with van der Waals surface area (Å²) in [6.45, 7) is 2.60. The standard InChI is InChI=1S/C10H13FN2O2/c1-3-13(7-10(14)15-2)9-5-4-8(11)6-12-9/h4-6H,3,7H2,1-2H3. The van der Waals surface area contributed by atoms with E-state index in [-0.39, 0.29) is 12.5 Å². The monoisotopic (exact) mass is 212 g/mol. The van der Waals surface area contributed by atoms with Crippen molar-refractivity contribution < 1.29 is 13.9 Å². The smallest absolute Gasteiger partial charge is 0.325 e. The SMILES string of the molecule is CCN(CC(=O)OC)c1ccc(F)cn1. The Morgan fingerprint density at radius 3 is 2.80 bits per heavy atom. The normalized spacial score (nSPS) is 9.80. The molecule has 0 saturated heterocycles. The van der Waals surface area contributed by atoms with Gasteiger partial charge < -0.3 is 9.64 Å². The molecule has 0 spiro atoms. The second-order valence-corrected chi connectivity index (χ2v) is 2.92. The quantitative estimate of drug-likeness (QED) is 0.704. The molecule has 0 aliphatic heterocycles. The van der Waals surface area contributed by atoms with Crippen LogP contribution in [-0.4, -0.2) is 31.2 Å². The topological polar surface area (TPSA) is 42.4 Å². The van der Waals surface area contributed by atoms with E-state index >= 15 is 0 Å². The molecule has 0 N–H and O–H groups in total. The molecule has 0 bridgehead atoms. The van der Waals surface area contributed by atoms with Crippen molar-refractivity contribution >= 4 is 11.8 Å². The third kappa shape index (κ3) is 3.19. The molecule has 1 rings (SSSR count). The molecular formula is C10H13FN2O2. The van der Waals surface area contributed by atoms with E-state index in [0.29, 0.717) is 12.4 Å². The lowest BCUT2D eigenvalue weighted by Crippen LogP contribution is -2.30. The number of hydrogen-bond acceptors (Lipinski definition) is 4. The van der Waals surface area contributed by atoms with Crippen LogP contribution in [-0.2, 0) is 9.53 Å². The summed E-state index contributed by atoms with van der Waals surface area (Å²) in [7, 11) is 1.33. The zero-order valence-electron chi connectivity index (χ0n) is 8.74. The number of aromatic nitrogens is 1. The molecule has 4 nitrogen and oxygen atoms in total. The molecule has 0 atom stereocenters. The van der Waals surface area contributed by atoms with Gasteiger partial charge in [-0.1, -0.05) is 0 Å². The van der Waals surface area contributed by atoms with E-state index in [4.69, 9.17) is 0 Å². The van der Waals surface area contributed by atoms with Crippen molar-refractivity contribution in [3.63, 3.8) is 0 Å². The number of rotatable bonds is 4. The zero-order chi connectivity index (χ0) is 11.3. The van der Waals surface area contributed by atoms with E-state index in [9.17, 15) is 9.18 Å². The van der Waals surface area contributed by atoms with Crippen LogP contribution in [0, 0.1) is 5.82 Å². The minimum absolute atomic E-state index is 0.117. The second kappa shape index (κ2) is 5.29. The molecular weight excluding hydrogens is 199 g/mol. The van der Waals surface area contributed by atoms with Crippen LogP contribution in [0.2, 0.25) is 0 Å². The average Bonchev–Trinajstić information content (AvgIpc) is 2.27. The maximum atomic E-state index is 12.6. The molecule has 5 heteroatoms. The summed E-state index contributed by atoms with van der Waals surface area (Å²) in [4.78, 5) is 16.6. The highest BCUT2D eigenvalue weighted by Crippen LogP contribution is 2.10. The fraction of sp³-hybridized carbons (Fsp3) is 0.400. The van der Waals surface area contributed by atoms with Crippen LogP contribution >= 0.6 is 0 Å². The van der Waals surface area contributed by atoms with Gasteiger partial charge in [0.1, 0.15) is 18.2 Å². The number of likely N-dealkylation sites (N-methyl/N-ethyl adjacent to an activating group) is 1. The Labute approximate surface area is 87.7 Å². The minimum atomic E-state index is -0.395. The number of ether oxygens (including phenoxy) is 1. The molecule has 0 aliphatic rings. The molecule has 0 saturated carbocycles. The van der Waals surface area contributed by atoms with Gasteiger partial charge in [0.2, 0.25) is 0 Å². The number of nitrogens with zero attached hydrogens (tertiary/aromatic N) is 2. The summed E-state index contributed by atoms with van der Waals surface area (Å²) in [5, 5.41) is 0. The first-order valence-corrected chi connectivity index (χ1v) is 4.60. The van der Waals surface area contributed by atoms with Crippen molar-refractivity contribution in [2.24, 2.45) is 0 Å². The van der Waals surface area contributed by atoms with Crippen molar-refractivity contribution in [1.29, 1.82) is 0 Å². The van der Waals surface area contributed by atoms with Crippen molar-refractivity contribution in [3.8, 4) is 0 Å². The first kappa shape index (κ1) is 11.4. The number of anilines is 1. The van der Waals surface area contributed by atoms with Gasteiger partial charge in [-0.3, -0.25) is 4.79 Å². The summed E-state index contributed by atoms with van der Waals surface area (Å²) < 4.78 is 17.2. The Hall–Kier alpha value is -1.65. The Bertz CT molecular complexity index is 327. The number of hydrogen-bond donors (Lipinski definition) is 0. The van der Waals surface area contributed by atoms with Crippen molar-refractivity contribution in [1.82, 2.24) is 4.98 Å². The average molecular weight is 212 g/mol. The van der Waals surface area contributed by atoms with Crippen LogP contribution in [0.1, 0.15) is 6.92 Å². The summed E-state index contributed by atoms with van der Waals surface area (Å²) in [6.07, 6.45) is 1.12. The van der Waals surface area contributed by atoms with Gasteiger partial charge in [0.05, 0.1) is 13.3 Å². The lowest BCUT2D eigenvalue weighted by Gasteiger charge is -2.19. The Morgan fingerprint density at radius 1 is 1.60 bits per heavy atom. The Morgan fingerprint density at radius 2 is 2.33 bits per heavy atom. The van der Waals surface area contributed by atoms with E-state index in [1.54, 1.807) is 4.90 Å². The largest absolute Gasteiger partial charge is 0.468 e. The predicted molar refractivity (Wildman–Crippen MR) is 54.1 cm³/mol. The number of methoxy groups -OCH3 is 1. The lowest BCUT2D eigenvalue weighted by atomic mass is 10.4.